The number of rotatable bonds is 3. The van der Waals surface area contributed by atoms with Crippen LogP contribution in [0.3, 0.4) is 0 Å². The van der Waals surface area contributed by atoms with Gasteiger partial charge in [-0.25, -0.2) is 22.0 Å². The summed E-state index contributed by atoms with van der Waals surface area (Å²) in [5.41, 5.74) is -0.603. The molecule has 0 amide bonds. The van der Waals surface area contributed by atoms with Gasteiger partial charge < -0.3 is 5.11 Å². The van der Waals surface area contributed by atoms with E-state index in [-0.39, 0.29) is 13.1 Å². The second kappa shape index (κ2) is 5.66. The molecule has 1 saturated heterocycles. The minimum Gasteiger partial charge on any atom is -0.478 e. The summed E-state index contributed by atoms with van der Waals surface area (Å²) in [6.45, 7) is 0.372. The zero-order valence-electron chi connectivity index (χ0n) is 10.2. The van der Waals surface area contributed by atoms with Crippen molar-refractivity contribution in [3.8, 4) is 0 Å². The number of benzene rings is 1. The highest BCUT2D eigenvalue weighted by atomic mass is 32.2. The number of carbonyl (C=O) groups is 1. The largest absolute Gasteiger partial charge is 0.478 e. The minimum atomic E-state index is -4.23. The first-order chi connectivity index (χ1) is 9.34. The Kier molecular flexibility index (Phi) is 4.31. The molecule has 0 saturated carbocycles. The van der Waals surface area contributed by atoms with Gasteiger partial charge in [0.25, 0.3) is 0 Å². The first kappa shape index (κ1) is 15.2. The average molecular weight is 323 g/mol. The number of hydrogen-bond donors (Lipinski definition) is 1. The number of carboxylic acids is 1. The predicted octanol–water partition coefficient (Wildman–Crippen LogP) is 1.40. The number of nitrogens with zero attached hydrogens (tertiary/aromatic N) is 1. The van der Waals surface area contributed by atoms with Crippen LogP contribution < -0.4 is 0 Å². The fourth-order valence-electron chi connectivity index (χ4n) is 1.80. The van der Waals surface area contributed by atoms with Gasteiger partial charge in [-0.1, -0.05) is 0 Å². The second-order valence-electron chi connectivity index (χ2n) is 4.09. The Hall–Kier alpha value is -1.19. The molecule has 1 fully saturated rings. The number of halogens is 2. The normalized spacial score (nSPS) is 17.1. The summed E-state index contributed by atoms with van der Waals surface area (Å²) in [6.07, 6.45) is 0. The highest BCUT2D eigenvalue weighted by Gasteiger charge is 2.31. The van der Waals surface area contributed by atoms with Gasteiger partial charge in [0.05, 0.1) is 5.56 Å². The zero-order valence-corrected chi connectivity index (χ0v) is 11.8. The Bertz CT molecular complexity index is 642. The topological polar surface area (TPSA) is 74.7 Å². The summed E-state index contributed by atoms with van der Waals surface area (Å²) >= 11 is 1.56. The van der Waals surface area contributed by atoms with Crippen molar-refractivity contribution >= 4 is 27.8 Å². The molecule has 2 rings (SSSR count). The molecule has 0 bridgehead atoms. The standard InChI is InChI=1S/C11H11F2NO4S2/c12-8-5-7(11(15)16)6-9(10(8)13)20(17,18)14-1-3-19-4-2-14/h5-6H,1-4H2,(H,15,16). The van der Waals surface area contributed by atoms with Gasteiger partial charge in [-0.15, -0.1) is 0 Å². The van der Waals surface area contributed by atoms with Crippen molar-refractivity contribution in [1.82, 2.24) is 4.31 Å². The maximum Gasteiger partial charge on any atom is 0.335 e. The SMILES string of the molecule is O=C(O)c1cc(F)c(F)c(S(=O)(=O)N2CCSCC2)c1. The molecule has 5 nitrogen and oxygen atoms in total. The van der Waals surface area contributed by atoms with Crippen LogP contribution in [0, 0.1) is 11.6 Å². The molecule has 0 aliphatic carbocycles. The van der Waals surface area contributed by atoms with E-state index in [1.54, 1.807) is 11.8 Å². The summed E-state index contributed by atoms with van der Waals surface area (Å²) in [6, 6.07) is 1.11. The van der Waals surface area contributed by atoms with Crippen LogP contribution in [0.15, 0.2) is 17.0 Å². The Balaban J connectivity index is 2.52. The summed E-state index contributed by atoms with van der Waals surface area (Å²) in [4.78, 5) is 9.89. The van der Waals surface area contributed by atoms with Gasteiger partial charge in [-0.05, 0) is 12.1 Å². The third-order valence-corrected chi connectivity index (χ3v) is 5.67. The predicted molar refractivity (Wildman–Crippen MR) is 69.4 cm³/mol. The summed E-state index contributed by atoms with van der Waals surface area (Å²) < 4.78 is 52.6. The number of hydrogen-bond acceptors (Lipinski definition) is 4. The van der Waals surface area contributed by atoms with Gasteiger partial charge in [0.15, 0.2) is 11.6 Å². The van der Waals surface area contributed by atoms with Crippen LogP contribution in [0.4, 0.5) is 8.78 Å². The first-order valence-corrected chi connectivity index (χ1v) is 8.23. The number of carboxylic acid groups (broad SMARTS) is 1. The molecule has 1 aromatic carbocycles. The third kappa shape index (κ3) is 2.79. The lowest BCUT2D eigenvalue weighted by Crippen LogP contribution is -2.38. The molecule has 1 aliphatic heterocycles. The maximum absolute atomic E-state index is 13.7. The van der Waals surface area contributed by atoms with Gasteiger partial charge in [0.2, 0.25) is 10.0 Å². The van der Waals surface area contributed by atoms with Gasteiger partial charge in [-0.2, -0.15) is 16.1 Å². The molecule has 0 aromatic heterocycles. The highest BCUT2D eigenvalue weighted by molar-refractivity contribution is 7.99. The van der Waals surface area contributed by atoms with Gasteiger partial charge in [0.1, 0.15) is 4.90 Å². The Morgan fingerprint density at radius 3 is 2.40 bits per heavy atom. The van der Waals surface area contributed by atoms with E-state index in [1.807, 2.05) is 0 Å². The van der Waals surface area contributed by atoms with Gasteiger partial charge in [-0.3, -0.25) is 0 Å². The minimum absolute atomic E-state index is 0.186. The van der Waals surface area contributed by atoms with Crippen molar-refractivity contribution in [2.24, 2.45) is 0 Å². The van der Waals surface area contributed by atoms with E-state index in [2.05, 4.69) is 0 Å². The highest BCUT2D eigenvalue weighted by Crippen LogP contribution is 2.25. The van der Waals surface area contributed by atoms with E-state index in [9.17, 15) is 22.0 Å². The molecule has 1 N–H and O–H groups in total. The molecule has 20 heavy (non-hydrogen) atoms. The van der Waals surface area contributed by atoms with Crippen LogP contribution in [-0.2, 0) is 10.0 Å². The van der Waals surface area contributed by atoms with Crippen molar-refractivity contribution < 1.29 is 27.1 Å². The number of aromatic carboxylic acids is 1. The lowest BCUT2D eigenvalue weighted by Gasteiger charge is -2.25. The third-order valence-electron chi connectivity index (χ3n) is 2.83. The van der Waals surface area contributed by atoms with Crippen LogP contribution in [0.5, 0.6) is 0 Å². The molecule has 1 heterocycles. The molecule has 110 valence electrons. The molecule has 0 radical (unpaired) electrons. The van der Waals surface area contributed by atoms with Crippen molar-refractivity contribution in [1.29, 1.82) is 0 Å². The second-order valence-corrected chi connectivity index (χ2v) is 7.22. The van der Waals surface area contributed by atoms with Gasteiger partial charge in [0, 0.05) is 24.6 Å². The molecule has 0 spiro atoms. The van der Waals surface area contributed by atoms with Crippen LogP contribution in [0.2, 0.25) is 0 Å². The quantitative estimate of drug-likeness (QED) is 0.910. The molecule has 1 aromatic rings. The van der Waals surface area contributed by atoms with Gasteiger partial charge >= 0.3 is 5.97 Å². The Morgan fingerprint density at radius 1 is 1.25 bits per heavy atom. The van der Waals surface area contributed by atoms with E-state index in [1.165, 1.54) is 0 Å². The molecule has 9 heteroatoms. The smallest absolute Gasteiger partial charge is 0.335 e. The number of thioether (sulfide) groups is 1. The summed E-state index contributed by atoms with van der Waals surface area (Å²) in [7, 11) is -4.23. The van der Waals surface area contributed by atoms with E-state index < -0.39 is 38.1 Å². The Morgan fingerprint density at radius 2 is 1.85 bits per heavy atom. The fourth-order valence-corrected chi connectivity index (χ4v) is 4.48. The molecule has 0 atom stereocenters. The molecular weight excluding hydrogens is 312 g/mol. The van der Waals surface area contributed by atoms with Crippen molar-refractivity contribution in [2.45, 2.75) is 4.90 Å². The lowest BCUT2D eigenvalue weighted by molar-refractivity contribution is 0.0696. The van der Waals surface area contributed by atoms with E-state index in [4.69, 9.17) is 5.11 Å². The number of sulfonamides is 1. The van der Waals surface area contributed by atoms with Crippen LogP contribution in [0.25, 0.3) is 0 Å². The molecular formula is C11H11F2NO4S2. The molecule has 0 unspecified atom stereocenters. The van der Waals surface area contributed by atoms with E-state index in [0.717, 1.165) is 4.31 Å². The Labute approximate surface area is 118 Å². The van der Waals surface area contributed by atoms with Crippen LogP contribution >= 0.6 is 11.8 Å². The molecule has 1 aliphatic rings. The van der Waals surface area contributed by atoms with Crippen molar-refractivity contribution in [2.75, 3.05) is 24.6 Å². The fraction of sp³-hybridized carbons (Fsp3) is 0.364. The zero-order chi connectivity index (χ0) is 14.9. The lowest BCUT2D eigenvalue weighted by atomic mass is 10.2. The van der Waals surface area contributed by atoms with E-state index in [0.29, 0.717) is 23.6 Å². The summed E-state index contributed by atoms with van der Waals surface area (Å²) in [5, 5.41) is 8.80. The maximum atomic E-state index is 13.7. The van der Waals surface area contributed by atoms with E-state index >= 15 is 0 Å². The van der Waals surface area contributed by atoms with Crippen molar-refractivity contribution in [3.05, 3.63) is 29.3 Å². The van der Waals surface area contributed by atoms with Crippen molar-refractivity contribution in [3.63, 3.8) is 0 Å². The average Bonchev–Trinajstić information content (AvgIpc) is 2.42. The summed E-state index contributed by atoms with van der Waals surface area (Å²) in [5.74, 6) is -3.44. The first-order valence-electron chi connectivity index (χ1n) is 5.64. The van der Waals surface area contributed by atoms with Crippen LogP contribution in [0.1, 0.15) is 10.4 Å². The monoisotopic (exact) mass is 323 g/mol. The van der Waals surface area contributed by atoms with Crippen LogP contribution in [-0.4, -0.2) is 48.4 Å².